The topological polar surface area (TPSA) is 102 Å². The second-order valence-electron chi connectivity index (χ2n) is 10.2. The van der Waals surface area contributed by atoms with E-state index in [0.717, 1.165) is 48.7 Å². The number of methoxy groups -OCH3 is 1. The van der Waals surface area contributed by atoms with Crippen LogP contribution in [0.4, 0.5) is 5.69 Å². The van der Waals surface area contributed by atoms with E-state index >= 15 is 0 Å². The van der Waals surface area contributed by atoms with Crippen LogP contribution in [0, 0.1) is 18.3 Å². The molecule has 0 bridgehead atoms. The Labute approximate surface area is 224 Å². The van der Waals surface area contributed by atoms with Crippen molar-refractivity contribution in [1.82, 2.24) is 4.90 Å². The number of allylic oxidation sites excluding steroid dienone is 5. The molecule has 4 N–H and O–H groups in total. The minimum Gasteiger partial charge on any atom is -0.507 e. The van der Waals surface area contributed by atoms with E-state index in [1.807, 2.05) is 63.3 Å². The number of piperazine rings is 1. The number of phenolic OH excluding ortho intramolecular Hbond substituents is 1. The lowest BCUT2D eigenvalue weighted by Gasteiger charge is -2.38. The Morgan fingerprint density at radius 2 is 1.79 bits per heavy atom. The highest BCUT2D eigenvalue weighted by Crippen LogP contribution is 2.30. The number of carbonyl (C=O) groups is 1. The zero-order valence-electron chi connectivity index (χ0n) is 22.6. The first-order valence-electron chi connectivity index (χ1n) is 13.0. The molecule has 1 aliphatic heterocycles. The standard InChI is InChI=1S/C31H36N4O3/c1-20(2)30(31(37)38-4)23-6-5-7-24(17-23)34-12-14-35(15-13-34)25-10-9-22(27(32)19-25)18-28(33)26-16-21(3)8-11-29(26)36/h5-11,16-20,30,32-33,36H,12-15H2,1-4H3/p+1/b22-18-,32-27?,33-28?. The molecule has 7 nitrogen and oxygen atoms in total. The van der Waals surface area contributed by atoms with E-state index in [4.69, 9.17) is 15.6 Å². The summed E-state index contributed by atoms with van der Waals surface area (Å²) in [4.78, 5) is 17.0. The first kappa shape index (κ1) is 26.9. The second-order valence-corrected chi connectivity index (χ2v) is 10.2. The molecule has 4 rings (SSSR count). The Morgan fingerprint density at radius 1 is 1.08 bits per heavy atom. The largest absolute Gasteiger partial charge is 0.507 e. The maximum absolute atomic E-state index is 12.4. The van der Waals surface area contributed by atoms with E-state index in [-0.39, 0.29) is 23.6 Å². The van der Waals surface area contributed by atoms with Gasteiger partial charge in [0.2, 0.25) is 5.71 Å². The highest BCUT2D eigenvalue weighted by atomic mass is 16.5. The number of aryl methyl sites for hydroxylation is 1. The number of hydrogen-bond donors (Lipinski definition) is 3. The summed E-state index contributed by atoms with van der Waals surface area (Å²) in [5, 5.41) is 25.0. The number of hydrogen-bond acceptors (Lipinski definition) is 6. The maximum atomic E-state index is 12.4. The molecule has 1 aliphatic carbocycles. The highest BCUT2D eigenvalue weighted by molar-refractivity contribution is 6.16. The average molecular weight is 514 g/mol. The molecule has 0 amide bonds. The molecule has 1 saturated heterocycles. The Bertz CT molecular complexity index is 1330. The van der Waals surface area contributed by atoms with Crippen LogP contribution in [-0.2, 0) is 9.53 Å². The number of phenols is 1. The van der Waals surface area contributed by atoms with Gasteiger partial charge in [-0.05, 0) is 54.8 Å². The summed E-state index contributed by atoms with van der Waals surface area (Å²) in [5.41, 5.74) is 6.17. The van der Waals surface area contributed by atoms with E-state index in [2.05, 4.69) is 21.9 Å². The van der Waals surface area contributed by atoms with Gasteiger partial charge < -0.3 is 25.1 Å². The first-order chi connectivity index (χ1) is 18.2. The van der Waals surface area contributed by atoms with Gasteiger partial charge >= 0.3 is 5.97 Å². The Morgan fingerprint density at radius 3 is 2.45 bits per heavy atom. The molecule has 198 valence electrons. The zero-order chi connectivity index (χ0) is 27.4. The first-order valence-corrected chi connectivity index (χ1v) is 13.0. The van der Waals surface area contributed by atoms with E-state index in [1.54, 1.807) is 12.1 Å². The maximum Gasteiger partial charge on any atom is 0.313 e. The number of nitrogens with two attached hydrogens (primary N) is 1. The van der Waals surface area contributed by atoms with Gasteiger partial charge in [0.25, 0.3) is 0 Å². The van der Waals surface area contributed by atoms with Crippen molar-refractivity contribution in [2.75, 3.05) is 38.2 Å². The summed E-state index contributed by atoms with van der Waals surface area (Å²) in [6.07, 6.45) is 7.54. The fourth-order valence-electron chi connectivity index (χ4n) is 5.05. The summed E-state index contributed by atoms with van der Waals surface area (Å²) in [6.45, 7) is 9.34. The predicted octanol–water partition coefficient (Wildman–Crippen LogP) is 3.38. The molecule has 2 aliphatic rings. The summed E-state index contributed by atoms with van der Waals surface area (Å²) >= 11 is 0. The second kappa shape index (κ2) is 11.5. The lowest BCUT2D eigenvalue weighted by molar-refractivity contribution is -0.143. The molecule has 0 spiro atoms. The van der Waals surface area contributed by atoms with Crippen molar-refractivity contribution < 1.29 is 20.0 Å². The average Bonchev–Trinajstić information content (AvgIpc) is 2.91. The van der Waals surface area contributed by atoms with Crippen molar-refractivity contribution in [3.05, 3.63) is 94.7 Å². The number of nitrogens with one attached hydrogen (secondary N) is 1. The molecular weight excluding hydrogens is 476 g/mol. The summed E-state index contributed by atoms with van der Waals surface area (Å²) < 4.78 is 5.05. The SMILES string of the molecule is COC(=O)C(c1cccc(N2CCN(C3=CC(=N)/C(=C\C(=[NH2+])c4cc(C)ccc4O)C=C3)CC2)c1)C(C)C. The molecule has 1 fully saturated rings. The Kier molecular flexibility index (Phi) is 8.15. The number of benzene rings is 2. The molecule has 38 heavy (non-hydrogen) atoms. The third-order valence-corrected chi connectivity index (χ3v) is 7.17. The molecule has 0 saturated carbocycles. The molecule has 1 heterocycles. The predicted molar refractivity (Wildman–Crippen MR) is 152 cm³/mol. The van der Waals surface area contributed by atoms with Gasteiger partial charge in [0, 0.05) is 49.2 Å². The van der Waals surface area contributed by atoms with Gasteiger partial charge in [-0.1, -0.05) is 43.7 Å². The van der Waals surface area contributed by atoms with Crippen molar-refractivity contribution in [2.24, 2.45) is 5.92 Å². The van der Waals surface area contributed by atoms with Gasteiger partial charge in [-0.3, -0.25) is 10.2 Å². The van der Waals surface area contributed by atoms with Gasteiger partial charge in [0.1, 0.15) is 5.75 Å². The fourth-order valence-corrected chi connectivity index (χ4v) is 5.05. The van der Waals surface area contributed by atoms with Crippen molar-refractivity contribution in [3.8, 4) is 5.75 Å². The van der Waals surface area contributed by atoms with Gasteiger partial charge in [-0.15, -0.1) is 0 Å². The number of carbonyl (C=O) groups excluding carboxylic acids is 1. The number of anilines is 1. The number of esters is 1. The molecule has 2 aromatic rings. The third kappa shape index (κ3) is 5.88. The molecule has 0 radical (unpaired) electrons. The smallest absolute Gasteiger partial charge is 0.313 e. The van der Waals surface area contributed by atoms with Gasteiger partial charge in [-0.25, -0.2) is 0 Å². The summed E-state index contributed by atoms with van der Waals surface area (Å²) in [7, 11) is 1.44. The van der Waals surface area contributed by atoms with Crippen LogP contribution >= 0.6 is 0 Å². The Hall–Kier alpha value is -4.13. The summed E-state index contributed by atoms with van der Waals surface area (Å²) in [6, 6.07) is 13.5. The zero-order valence-corrected chi connectivity index (χ0v) is 22.6. The van der Waals surface area contributed by atoms with E-state index in [1.165, 1.54) is 7.11 Å². The number of rotatable bonds is 7. The van der Waals surface area contributed by atoms with Crippen LogP contribution in [0.15, 0.2) is 78.0 Å². The van der Waals surface area contributed by atoms with Crippen molar-refractivity contribution in [3.63, 3.8) is 0 Å². The van der Waals surface area contributed by atoms with E-state index < -0.39 is 0 Å². The van der Waals surface area contributed by atoms with E-state index in [9.17, 15) is 9.90 Å². The number of nitrogens with zero attached hydrogens (tertiary/aromatic N) is 2. The van der Waals surface area contributed by atoms with Crippen LogP contribution in [0.25, 0.3) is 0 Å². The van der Waals surface area contributed by atoms with Crippen LogP contribution in [0.5, 0.6) is 5.75 Å². The van der Waals surface area contributed by atoms with Gasteiger partial charge in [0.05, 0.1) is 24.3 Å². The van der Waals surface area contributed by atoms with Crippen LogP contribution in [0.2, 0.25) is 0 Å². The van der Waals surface area contributed by atoms with Crippen molar-refractivity contribution >= 4 is 23.1 Å². The molecule has 1 unspecified atom stereocenters. The van der Waals surface area contributed by atoms with Crippen LogP contribution in [0.3, 0.4) is 0 Å². The van der Waals surface area contributed by atoms with Gasteiger partial charge in [-0.2, -0.15) is 0 Å². The monoisotopic (exact) mass is 513 g/mol. The molecule has 2 aromatic carbocycles. The molecular formula is C31H37N4O3+. The molecule has 1 atom stereocenters. The number of aromatic hydroxyl groups is 1. The van der Waals surface area contributed by atoms with Crippen LogP contribution in [0.1, 0.15) is 36.5 Å². The fraction of sp³-hybridized carbons (Fsp3) is 0.323. The molecule has 7 heteroatoms. The van der Waals surface area contributed by atoms with E-state index in [0.29, 0.717) is 22.6 Å². The van der Waals surface area contributed by atoms with Crippen LogP contribution in [-0.4, -0.2) is 60.7 Å². The lowest BCUT2D eigenvalue weighted by atomic mass is 9.88. The Balaban J connectivity index is 1.41. The number of ether oxygens (including phenoxy) is 1. The minimum absolute atomic E-state index is 0.126. The lowest BCUT2D eigenvalue weighted by Crippen LogP contribution is -2.46. The van der Waals surface area contributed by atoms with Crippen molar-refractivity contribution in [2.45, 2.75) is 26.7 Å². The summed E-state index contributed by atoms with van der Waals surface area (Å²) in [5.74, 6) is -0.220. The quantitative estimate of drug-likeness (QED) is 0.389. The minimum atomic E-state index is -0.284. The highest BCUT2D eigenvalue weighted by Gasteiger charge is 2.26. The molecule has 0 aromatic heterocycles. The van der Waals surface area contributed by atoms with Gasteiger partial charge in [0.15, 0.2) is 0 Å². The normalized spacial score (nSPS) is 17.6. The van der Waals surface area contributed by atoms with Crippen molar-refractivity contribution in [1.29, 1.82) is 5.41 Å². The third-order valence-electron chi connectivity index (χ3n) is 7.17. The van der Waals surface area contributed by atoms with Crippen LogP contribution < -0.4 is 10.3 Å².